The number of aliphatic imine (C=N–C) groups is 1. The molecule has 0 saturated carbocycles. The largest absolute Gasteiger partial charge is 0.435 e. The zero-order chi connectivity index (χ0) is 10.7. The summed E-state index contributed by atoms with van der Waals surface area (Å²) in [7, 11) is 0. The van der Waals surface area contributed by atoms with Gasteiger partial charge < -0.3 is 4.74 Å². The standard InChI is InChI=1S/C11H11F2NO/c12-11(13)15-9-5-3-8(4-6-9)10-2-1-7-14-10/h3-6,11H,1-2,7H2. The summed E-state index contributed by atoms with van der Waals surface area (Å²) in [5.74, 6) is 0.187. The van der Waals surface area contributed by atoms with Gasteiger partial charge in [-0.15, -0.1) is 0 Å². The van der Waals surface area contributed by atoms with Crippen LogP contribution in [0.3, 0.4) is 0 Å². The summed E-state index contributed by atoms with van der Waals surface area (Å²) >= 11 is 0. The van der Waals surface area contributed by atoms with Gasteiger partial charge in [0, 0.05) is 12.3 Å². The maximum absolute atomic E-state index is 11.9. The number of nitrogens with zero attached hydrogens (tertiary/aromatic N) is 1. The first-order valence-corrected chi connectivity index (χ1v) is 4.84. The lowest BCUT2D eigenvalue weighted by Crippen LogP contribution is -2.02. The third-order valence-electron chi connectivity index (χ3n) is 2.29. The van der Waals surface area contributed by atoms with E-state index in [4.69, 9.17) is 0 Å². The third kappa shape index (κ3) is 2.52. The quantitative estimate of drug-likeness (QED) is 0.753. The zero-order valence-electron chi connectivity index (χ0n) is 8.12. The summed E-state index contributed by atoms with van der Waals surface area (Å²) in [6.07, 6.45) is 2.04. The molecule has 0 spiro atoms. The second-order valence-corrected chi connectivity index (χ2v) is 3.33. The Balaban J connectivity index is 2.10. The van der Waals surface area contributed by atoms with Gasteiger partial charge in [-0.2, -0.15) is 8.78 Å². The van der Waals surface area contributed by atoms with Crippen molar-refractivity contribution in [3.63, 3.8) is 0 Å². The molecule has 0 radical (unpaired) electrons. The molecule has 2 nitrogen and oxygen atoms in total. The number of hydrogen-bond acceptors (Lipinski definition) is 2. The fourth-order valence-electron chi connectivity index (χ4n) is 1.60. The zero-order valence-corrected chi connectivity index (χ0v) is 8.12. The second kappa shape index (κ2) is 4.38. The van der Waals surface area contributed by atoms with E-state index in [9.17, 15) is 8.78 Å². The first-order chi connectivity index (χ1) is 7.25. The van der Waals surface area contributed by atoms with E-state index in [1.54, 1.807) is 24.3 Å². The van der Waals surface area contributed by atoms with Crippen LogP contribution in [-0.4, -0.2) is 18.9 Å². The lowest BCUT2D eigenvalue weighted by atomic mass is 10.1. The van der Waals surface area contributed by atoms with Crippen LogP contribution in [0.5, 0.6) is 5.75 Å². The topological polar surface area (TPSA) is 21.6 Å². The summed E-state index contributed by atoms with van der Waals surface area (Å²) in [6, 6.07) is 6.62. The van der Waals surface area contributed by atoms with Crippen LogP contribution in [0.4, 0.5) is 8.78 Å². The Bertz CT molecular complexity index is 359. The van der Waals surface area contributed by atoms with Crippen molar-refractivity contribution in [3.8, 4) is 5.75 Å². The average molecular weight is 211 g/mol. The van der Waals surface area contributed by atoms with E-state index in [0.717, 1.165) is 30.7 Å². The van der Waals surface area contributed by atoms with Gasteiger partial charge in [0.1, 0.15) is 5.75 Å². The highest BCUT2D eigenvalue weighted by molar-refractivity contribution is 6.01. The van der Waals surface area contributed by atoms with Gasteiger partial charge in [-0.1, -0.05) is 0 Å². The molecule has 1 aromatic rings. The predicted molar refractivity (Wildman–Crippen MR) is 53.7 cm³/mol. The Morgan fingerprint density at radius 2 is 1.93 bits per heavy atom. The molecule has 0 amide bonds. The van der Waals surface area contributed by atoms with Gasteiger partial charge in [0.15, 0.2) is 0 Å². The van der Waals surface area contributed by atoms with Crippen molar-refractivity contribution in [3.05, 3.63) is 29.8 Å². The minimum Gasteiger partial charge on any atom is -0.435 e. The van der Waals surface area contributed by atoms with Gasteiger partial charge in [0.05, 0.1) is 0 Å². The number of alkyl halides is 2. The van der Waals surface area contributed by atoms with Gasteiger partial charge in [0.2, 0.25) is 0 Å². The fourth-order valence-corrected chi connectivity index (χ4v) is 1.60. The Kier molecular flexibility index (Phi) is 2.94. The molecule has 0 aromatic heterocycles. The van der Waals surface area contributed by atoms with E-state index >= 15 is 0 Å². The first kappa shape index (κ1) is 10.1. The van der Waals surface area contributed by atoms with Crippen molar-refractivity contribution in [1.82, 2.24) is 0 Å². The first-order valence-electron chi connectivity index (χ1n) is 4.84. The lowest BCUT2D eigenvalue weighted by molar-refractivity contribution is -0.0498. The van der Waals surface area contributed by atoms with Crippen LogP contribution in [-0.2, 0) is 0 Å². The maximum atomic E-state index is 11.9. The van der Waals surface area contributed by atoms with Crippen LogP contribution in [0.25, 0.3) is 0 Å². The number of halogens is 2. The molecule has 15 heavy (non-hydrogen) atoms. The molecular weight excluding hydrogens is 200 g/mol. The van der Waals surface area contributed by atoms with Crippen LogP contribution < -0.4 is 4.74 Å². The highest BCUT2D eigenvalue weighted by Gasteiger charge is 2.09. The summed E-state index contributed by atoms with van der Waals surface area (Å²) in [6.45, 7) is -1.90. The van der Waals surface area contributed by atoms with Gasteiger partial charge in [0.25, 0.3) is 0 Å². The minimum atomic E-state index is -2.76. The Morgan fingerprint density at radius 1 is 1.20 bits per heavy atom. The fraction of sp³-hybridized carbons (Fsp3) is 0.364. The summed E-state index contributed by atoms with van der Waals surface area (Å²) in [5, 5.41) is 0. The molecule has 1 aliphatic rings. The smallest absolute Gasteiger partial charge is 0.387 e. The van der Waals surface area contributed by atoms with Gasteiger partial charge in [-0.3, -0.25) is 4.99 Å². The predicted octanol–water partition coefficient (Wildman–Crippen LogP) is 2.87. The molecule has 0 N–H and O–H groups in total. The summed E-state index contributed by atoms with van der Waals surface area (Å²) < 4.78 is 28.0. The molecule has 1 aromatic carbocycles. The van der Waals surface area contributed by atoms with E-state index in [0.29, 0.717) is 0 Å². The third-order valence-corrected chi connectivity index (χ3v) is 2.29. The van der Waals surface area contributed by atoms with Gasteiger partial charge in [-0.25, -0.2) is 0 Å². The molecule has 1 aliphatic heterocycles. The molecular formula is C11H11F2NO. The van der Waals surface area contributed by atoms with Crippen LogP contribution in [0.1, 0.15) is 18.4 Å². The monoisotopic (exact) mass is 211 g/mol. The van der Waals surface area contributed by atoms with Gasteiger partial charge in [-0.05, 0) is 42.7 Å². The van der Waals surface area contributed by atoms with Crippen molar-refractivity contribution in [2.75, 3.05) is 6.54 Å². The maximum Gasteiger partial charge on any atom is 0.387 e. The Morgan fingerprint density at radius 3 is 2.47 bits per heavy atom. The van der Waals surface area contributed by atoms with Crippen molar-refractivity contribution in [1.29, 1.82) is 0 Å². The SMILES string of the molecule is FC(F)Oc1ccc(C2=NCCC2)cc1. The Labute approximate surface area is 86.6 Å². The highest BCUT2D eigenvalue weighted by Crippen LogP contribution is 2.18. The van der Waals surface area contributed by atoms with E-state index < -0.39 is 6.61 Å². The number of benzene rings is 1. The number of rotatable bonds is 3. The molecule has 80 valence electrons. The molecule has 0 aliphatic carbocycles. The van der Waals surface area contributed by atoms with Crippen molar-refractivity contribution in [2.24, 2.45) is 4.99 Å². The molecule has 1 heterocycles. The molecule has 0 unspecified atom stereocenters. The van der Waals surface area contributed by atoms with Crippen LogP contribution in [0.2, 0.25) is 0 Å². The van der Waals surface area contributed by atoms with Crippen LogP contribution in [0.15, 0.2) is 29.3 Å². The molecule has 4 heteroatoms. The normalized spacial score (nSPS) is 15.5. The second-order valence-electron chi connectivity index (χ2n) is 3.33. The Hall–Kier alpha value is -1.45. The molecule has 0 atom stereocenters. The molecule has 0 saturated heterocycles. The van der Waals surface area contributed by atoms with E-state index in [-0.39, 0.29) is 5.75 Å². The van der Waals surface area contributed by atoms with E-state index in [2.05, 4.69) is 9.73 Å². The lowest BCUT2D eigenvalue weighted by Gasteiger charge is -2.05. The van der Waals surface area contributed by atoms with Crippen molar-refractivity contribution >= 4 is 5.71 Å². The van der Waals surface area contributed by atoms with Gasteiger partial charge >= 0.3 is 6.61 Å². The number of hydrogen-bond donors (Lipinski definition) is 0. The molecule has 0 bridgehead atoms. The van der Waals surface area contributed by atoms with Crippen molar-refractivity contribution < 1.29 is 13.5 Å². The van der Waals surface area contributed by atoms with Crippen LogP contribution in [0, 0.1) is 0 Å². The summed E-state index contributed by atoms with van der Waals surface area (Å²) in [5.41, 5.74) is 2.05. The highest BCUT2D eigenvalue weighted by atomic mass is 19.3. The van der Waals surface area contributed by atoms with E-state index in [1.807, 2.05) is 0 Å². The minimum absolute atomic E-state index is 0.187. The number of ether oxygens (including phenoxy) is 1. The summed E-state index contributed by atoms with van der Waals surface area (Å²) in [4.78, 5) is 4.32. The molecule has 2 rings (SSSR count). The average Bonchev–Trinajstić information content (AvgIpc) is 2.71. The molecule has 0 fully saturated rings. The van der Waals surface area contributed by atoms with E-state index in [1.165, 1.54) is 0 Å². The van der Waals surface area contributed by atoms with Crippen LogP contribution >= 0.6 is 0 Å². The van der Waals surface area contributed by atoms with Crippen molar-refractivity contribution in [2.45, 2.75) is 19.5 Å².